The zero-order valence-corrected chi connectivity index (χ0v) is 7.15. The van der Waals surface area contributed by atoms with Gasteiger partial charge in [-0.2, -0.15) is 0 Å². The molecule has 0 aliphatic carbocycles. The molecule has 0 saturated heterocycles. The highest BCUT2D eigenvalue weighted by Gasteiger charge is 2.09. The molecule has 0 saturated carbocycles. The number of nitrogens with zero attached hydrogens (tertiary/aromatic N) is 2. The molecule has 2 heterocycles. The number of fused-ring (bicyclic) bond motifs is 1. The van der Waals surface area contributed by atoms with Crippen LogP contribution in [0.15, 0.2) is 16.7 Å². The number of pyridine rings is 1. The molecular formula is C8H9N3O2. The Morgan fingerprint density at radius 3 is 3.15 bits per heavy atom. The standard InChI is InChI=1S/C8H9N3O2/c1-12-5-2-3-10-8-7(5)11-6(4-9)13-8/h2-3H,4,9H2,1H3. The topological polar surface area (TPSA) is 74.2 Å². The summed E-state index contributed by atoms with van der Waals surface area (Å²) in [6.07, 6.45) is 1.60. The molecule has 0 radical (unpaired) electrons. The van der Waals surface area contributed by atoms with Crippen molar-refractivity contribution in [1.29, 1.82) is 0 Å². The third kappa shape index (κ3) is 1.23. The third-order valence-corrected chi connectivity index (χ3v) is 1.70. The lowest BCUT2D eigenvalue weighted by molar-refractivity contribution is 0.418. The quantitative estimate of drug-likeness (QED) is 0.734. The maximum atomic E-state index is 5.38. The van der Waals surface area contributed by atoms with E-state index in [-0.39, 0.29) is 6.54 Å². The van der Waals surface area contributed by atoms with Crippen LogP contribution < -0.4 is 10.5 Å². The van der Waals surface area contributed by atoms with Gasteiger partial charge < -0.3 is 14.9 Å². The lowest BCUT2D eigenvalue weighted by atomic mass is 10.4. The molecule has 0 bridgehead atoms. The van der Waals surface area contributed by atoms with E-state index in [1.54, 1.807) is 19.4 Å². The second-order valence-electron chi connectivity index (χ2n) is 2.48. The molecule has 0 spiro atoms. The second kappa shape index (κ2) is 3.02. The number of hydrogen-bond acceptors (Lipinski definition) is 5. The normalized spacial score (nSPS) is 10.6. The van der Waals surface area contributed by atoms with Crippen LogP contribution in [0.25, 0.3) is 11.2 Å². The van der Waals surface area contributed by atoms with Crippen molar-refractivity contribution in [2.24, 2.45) is 5.73 Å². The summed E-state index contributed by atoms with van der Waals surface area (Å²) in [6.45, 7) is 0.263. The van der Waals surface area contributed by atoms with E-state index in [0.717, 1.165) is 0 Å². The maximum absolute atomic E-state index is 5.38. The molecule has 2 N–H and O–H groups in total. The molecule has 2 rings (SSSR count). The van der Waals surface area contributed by atoms with Gasteiger partial charge in [0, 0.05) is 12.3 Å². The first-order valence-electron chi connectivity index (χ1n) is 3.83. The van der Waals surface area contributed by atoms with Gasteiger partial charge in [0.1, 0.15) is 0 Å². The zero-order valence-electron chi connectivity index (χ0n) is 7.15. The van der Waals surface area contributed by atoms with Crippen molar-refractivity contribution >= 4 is 11.2 Å². The molecular weight excluding hydrogens is 170 g/mol. The first-order valence-corrected chi connectivity index (χ1v) is 3.83. The van der Waals surface area contributed by atoms with Crippen LogP contribution in [0.4, 0.5) is 0 Å². The highest BCUT2D eigenvalue weighted by Crippen LogP contribution is 2.22. The molecule has 0 aliphatic heterocycles. The molecule has 13 heavy (non-hydrogen) atoms. The van der Waals surface area contributed by atoms with E-state index in [1.807, 2.05) is 0 Å². The van der Waals surface area contributed by atoms with Crippen molar-refractivity contribution in [1.82, 2.24) is 9.97 Å². The molecule has 0 aromatic carbocycles. The van der Waals surface area contributed by atoms with Gasteiger partial charge in [0.2, 0.25) is 5.89 Å². The highest BCUT2D eigenvalue weighted by molar-refractivity contribution is 5.75. The van der Waals surface area contributed by atoms with E-state index in [1.165, 1.54) is 0 Å². The van der Waals surface area contributed by atoms with Gasteiger partial charge in [0.15, 0.2) is 11.3 Å². The molecule has 2 aromatic heterocycles. The van der Waals surface area contributed by atoms with E-state index < -0.39 is 0 Å². The van der Waals surface area contributed by atoms with Gasteiger partial charge in [-0.1, -0.05) is 0 Å². The van der Waals surface area contributed by atoms with E-state index in [2.05, 4.69) is 9.97 Å². The number of rotatable bonds is 2. The fraction of sp³-hybridized carbons (Fsp3) is 0.250. The Morgan fingerprint density at radius 2 is 2.46 bits per heavy atom. The van der Waals surface area contributed by atoms with Crippen LogP contribution in [0.3, 0.4) is 0 Å². The van der Waals surface area contributed by atoms with Crippen LogP contribution in [0.5, 0.6) is 5.75 Å². The predicted molar refractivity (Wildman–Crippen MR) is 46.2 cm³/mol. The Labute approximate surface area is 74.5 Å². The van der Waals surface area contributed by atoms with Crippen molar-refractivity contribution in [3.8, 4) is 5.75 Å². The monoisotopic (exact) mass is 179 g/mol. The Balaban J connectivity index is 2.67. The van der Waals surface area contributed by atoms with Crippen molar-refractivity contribution < 1.29 is 9.15 Å². The minimum Gasteiger partial charge on any atom is -0.494 e. The first kappa shape index (κ1) is 8.00. The van der Waals surface area contributed by atoms with Crippen LogP contribution in [-0.4, -0.2) is 17.1 Å². The fourth-order valence-corrected chi connectivity index (χ4v) is 1.11. The molecule has 0 aliphatic rings. The number of hydrogen-bond donors (Lipinski definition) is 1. The van der Waals surface area contributed by atoms with Crippen LogP contribution in [0.1, 0.15) is 5.89 Å². The molecule has 0 unspecified atom stereocenters. The SMILES string of the molecule is COc1ccnc2oc(CN)nc12. The van der Waals surface area contributed by atoms with Crippen LogP contribution in [-0.2, 0) is 6.54 Å². The van der Waals surface area contributed by atoms with Crippen molar-refractivity contribution in [2.75, 3.05) is 7.11 Å². The van der Waals surface area contributed by atoms with Gasteiger partial charge in [-0.15, -0.1) is 0 Å². The molecule has 0 fully saturated rings. The largest absolute Gasteiger partial charge is 0.494 e. The Morgan fingerprint density at radius 1 is 1.62 bits per heavy atom. The van der Waals surface area contributed by atoms with E-state index in [9.17, 15) is 0 Å². The van der Waals surface area contributed by atoms with Crippen LogP contribution in [0, 0.1) is 0 Å². The van der Waals surface area contributed by atoms with Gasteiger partial charge in [0.25, 0.3) is 5.71 Å². The maximum Gasteiger partial charge on any atom is 0.250 e. The van der Waals surface area contributed by atoms with Gasteiger partial charge in [-0.3, -0.25) is 0 Å². The Bertz CT molecular complexity index is 424. The minimum atomic E-state index is 0.263. The zero-order chi connectivity index (χ0) is 9.26. The molecule has 5 heteroatoms. The van der Waals surface area contributed by atoms with Crippen molar-refractivity contribution in [2.45, 2.75) is 6.54 Å². The number of oxazole rings is 1. The Kier molecular flexibility index (Phi) is 1.86. The van der Waals surface area contributed by atoms with Crippen molar-refractivity contribution in [3.05, 3.63) is 18.2 Å². The number of ether oxygens (including phenoxy) is 1. The highest BCUT2D eigenvalue weighted by atomic mass is 16.5. The van der Waals surface area contributed by atoms with E-state index in [0.29, 0.717) is 22.9 Å². The average Bonchev–Trinajstić information content (AvgIpc) is 2.59. The predicted octanol–water partition coefficient (Wildman–Crippen LogP) is 0.690. The molecule has 2 aromatic rings. The third-order valence-electron chi connectivity index (χ3n) is 1.70. The van der Waals surface area contributed by atoms with E-state index >= 15 is 0 Å². The van der Waals surface area contributed by atoms with Gasteiger partial charge in [0.05, 0.1) is 13.7 Å². The van der Waals surface area contributed by atoms with Crippen molar-refractivity contribution in [3.63, 3.8) is 0 Å². The smallest absolute Gasteiger partial charge is 0.250 e. The Hall–Kier alpha value is -1.62. The number of nitrogens with two attached hydrogens (primary N) is 1. The van der Waals surface area contributed by atoms with Gasteiger partial charge >= 0.3 is 0 Å². The summed E-state index contributed by atoms with van der Waals surface area (Å²) in [4.78, 5) is 8.12. The lowest BCUT2D eigenvalue weighted by Gasteiger charge is -1.96. The first-order chi connectivity index (χ1) is 6.35. The fourth-order valence-electron chi connectivity index (χ4n) is 1.11. The summed E-state index contributed by atoms with van der Waals surface area (Å²) < 4.78 is 10.3. The summed E-state index contributed by atoms with van der Waals surface area (Å²) >= 11 is 0. The summed E-state index contributed by atoms with van der Waals surface area (Å²) in [5.41, 5.74) is 6.45. The minimum absolute atomic E-state index is 0.263. The molecule has 0 amide bonds. The summed E-state index contributed by atoms with van der Waals surface area (Å²) in [7, 11) is 1.57. The second-order valence-corrected chi connectivity index (χ2v) is 2.48. The van der Waals surface area contributed by atoms with Gasteiger partial charge in [-0.05, 0) is 0 Å². The molecule has 0 atom stereocenters. The lowest BCUT2D eigenvalue weighted by Crippen LogP contribution is -1.95. The number of methoxy groups -OCH3 is 1. The van der Waals surface area contributed by atoms with Crippen LogP contribution >= 0.6 is 0 Å². The van der Waals surface area contributed by atoms with Crippen LogP contribution in [0.2, 0.25) is 0 Å². The average molecular weight is 179 g/mol. The van der Waals surface area contributed by atoms with E-state index in [4.69, 9.17) is 14.9 Å². The number of aromatic nitrogens is 2. The van der Waals surface area contributed by atoms with Gasteiger partial charge in [-0.25, -0.2) is 9.97 Å². The summed E-state index contributed by atoms with van der Waals surface area (Å²) in [6, 6.07) is 1.73. The molecule has 5 nitrogen and oxygen atoms in total. The summed E-state index contributed by atoms with van der Waals surface area (Å²) in [5.74, 6) is 1.11. The summed E-state index contributed by atoms with van der Waals surface area (Å²) in [5, 5.41) is 0. The molecule has 68 valence electrons.